The third kappa shape index (κ3) is 3.40. The van der Waals surface area contributed by atoms with Crippen molar-refractivity contribution in [3.63, 3.8) is 0 Å². The van der Waals surface area contributed by atoms with Gasteiger partial charge in [-0.05, 0) is 25.1 Å². The molecule has 0 saturated carbocycles. The molecule has 2 unspecified atom stereocenters. The van der Waals surface area contributed by atoms with E-state index in [2.05, 4.69) is 0 Å². The first kappa shape index (κ1) is 17.9. The molecule has 0 N–H and O–H groups in total. The molecule has 0 aromatic heterocycles. The SMILES string of the molecule is COc1cccc(CN(C)C(=O)C2Oc3ccccc3OC2C)c1OC. The molecule has 1 aliphatic heterocycles. The second-order valence-corrected chi connectivity index (χ2v) is 6.16. The summed E-state index contributed by atoms with van der Waals surface area (Å²) in [5.74, 6) is 2.33. The second kappa shape index (κ2) is 7.56. The van der Waals surface area contributed by atoms with Gasteiger partial charge >= 0.3 is 0 Å². The summed E-state index contributed by atoms with van der Waals surface area (Å²) < 4.78 is 22.5. The monoisotopic (exact) mass is 357 g/mol. The Hall–Kier alpha value is -2.89. The van der Waals surface area contributed by atoms with Crippen LogP contribution in [0.25, 0.3) is 0 Å². The van der Waals surface area contributed by atoms with Crippen molar-refractivity contribution in [1.82, 2.24) is 4.90 Å². The molecule has 3 rings (SSSR count). The summed E-state index contributed by atoms with van der Waals surface area (Å²) in [4.78, 5) is 14.5. The minimum atomic E-state index is -0.702. The Bertz CT molecular complexity index is 792. The van der Waals surface area contributed by atoms with Crippen LogP contribution in [0.3, 0.4) is 0 Å². The molecule has 0 bridgehead atoms. The second-order valence-electron chi connectivity index (χ2n) is 6.16. The number of likely N-dealkylation sites (N-methyl/N-ethyl adjacent to an activating group) is 1. The fourth-order valence-electron chi connectivity index (χ4n) is 3.02. The summed E-state index contributed by atoms with van der Waals surface area (Å²) in [5.41, 5.74) is 0.854. The van der Waals surface area contributed by atoms with Crippen molar-refractivity contribution in [2.45, 2.75) is 25.7 Å². The van der Waals surface area contributed by atoms with E-state index in [4.69, 9.17) is 18.9 Å². The zero-order chi connectivity index (χ0) is 18.7. The number of fused-ring (bicyclic) bond motifs is 1. The molecule has 1 amide bonds. The lowest BCUT2D eigenvalue weighted by atomic mass is 10.1. The molecule has 0 fully saturated rings. The van der Waals surface area contributed by atoms with Gasteiger partial charge in [0.1, 0.15) is 6.10 Å². The molecule has 138 valence electrons. The number of methoxy groups -OCH3 is 2. The van der Waals surface area contributed by atoms with E-state index in [1.165, 1.54) is 0 Å². The number of rotatable bonds is 5. The van der Waals surface area contributed by atoms with Crippen LogP contribution < -0.4 is 18.9 Å². The van der Waals surface area contributed by atoms with Crippen molar-refractivity contribution in [1.29, 1.82) is 0 Å². The van der Waals surface area contributed by atoms with E-state index in [-0.39, 0.29) is 12.0 Å². The third-order valence-corrected chi connectivity index (χ3v) is 4.35. The molecular formula is C20H23NO5. The number of carbonyl (C=O) groups is 1. The molecule has 0 spiro atoms. The lowest BCUT2D eigenvalue weighted by Gasteiger charge is -2.33. The molecule has 6 nitrogen and oxygen atoms in total. The largest absolute Gasteiger partial charge is 0.493 e. The van der Waals surface area contributed by atoms with Gasteiger partial charge in [-0.25, -0.2) is 0 Å². The quantitative estimate of drug-likeness (QED) is 0.824. The molecule has 0 saturated heterocycles. The average Bonchev–Trinajstić information content (AvgIpc) is 2.66. The Morgan fingerprint density at radius 3 is 2.38 bits per heavy atom. The molecule has 26 heavy (non-hydrogen) atoms. The maximum Gasteiger partial charge on any atom is 0.267 e. The van der Waals surface area contributed by atoms with Gasteiger partial charge in [-0.1, -0.05) is 24.3 Å². The maximum absolute atomic E-state index is 12.9. The van der Waals surface area contributed by atoms with Gasteiger partial charge in [0.05, 0.1) is 14.2 Å². The van der Waals surface area contributed by atoms with Crippen molar-refractivity contribution < 1.29 is 23.7 Å². The third-order valence-electron chi connectivity index (χ3n) is 4.35. The zero-order valence-corrected chi connectivity index (χ0v) is 15.4. The number of carbonyl (C=O) groups excluding carboxylic acids is 1. The molecule has 1 heterocycles. The van der Waals surface area contributed by atoms with Crippen LogP contribution in [0.5, 0.6) is 23.0 Å². The van der Waals surface area contributed by atoms with Crippen LogP contribution in [0, 0.1) is 0 Å². The number of benzene rings is 2. The highest BCUT2D eigenvalue weighted by Crippen LogP contribution is 2.35. The number of ether oxygens (including phenoxy) is 4. The number of hydrogen-bond acceptors (Lipinski definition) is 5. The van der Waals surface area contributed by atoms with E-state index in [1.54, 1.807) is 32.2 Å². The van der Waals surface area contributed by atoms with Crippen LogP contribution in [0.2, 0.25) is 0 Å². The van der Waals surface area contributed by atoms with E-state index in [0.717, 1.165) is 5.56 Å². The molecule has 1 aliphatic rings. The van der Waals surface area contributed by atoms with E-state index < -0.39 is 6.10 Å². The van der Waals surface area contributed by atoms with Crippen LogP contribution in [0.1, 0.15) is 12.5 Å². The smallest absolute Gasteiger partial charge is 0.267 e. The molecule has 0 radical (unpaired) electrons. The molecule has 0 aliphatic carbocycles. The molecule has 2 atom stereocenters. The van der Waals surface area contributed by atoms with Gasteiger partial charge in [0.25, 0.3) is 5.91 Å². The van der Waals surface area contributed by atoms with Gasteiger partial charge in [0.2, 0.25) is 6.10 Å². The summed E-state index contributed by atoms with van der Waals surface area (Å²) in [6.07, 6.45) is -1.08. The van der Waals surface area contributed by atoms with Crippen molar-refractivity contribution in [3.05, 3.63) is 48.0 Å². The minimum Gasteiger partial charge on any atom is -0.493 e. The van der Waals surface area contributed by atoms with Gasteiger partial charge in [-0.15, -0.1) is 0 Å². The summed E-state index contributed by atoms with van der Waals surface area (Å²) in [6.45, 7) is 2.20. The molecule has 2 aromatic carbocycles. The van der Waals surface area contributed by atoms with Gasteiger partial charge in [-0.2, -0.15) is 0 Å². The van der Waals surface area contributed by atoms with E-state index in [1.807, 2.05) is 43.3 Å². The number of nitrogens with zero attached hydrogens (tertiary/aromatic N) is 1. The van der Waals surface area contributed by atoms with Gasteiger partial charge in [0, 0.05) is 19.2 Å². The first-order valence-corrected chi connectivity index (χ1v) is 8.42. The Morgan fingerprint density at radius 1 is 1.04 bits per heavy atom. The topological polar surface area (TPSA) is 57.2 Å². The normalized spacial score (nSPS) is 18.2. The van der Waals surface area contributed by atoms with Crippen molar-refractivity contribution in [2.75, 3.05) is 21.3 Å². The van der Waals surface area contributed by atoms with E-state index in [9.17, 15) is 4.79 Å². The van der Waals surface area contributed by atoms with Crippen molar-refractivity contribution in [3.8, 4) is 23.0 Å². The summed E-state index contributed by atoms with van der Waals surface area (Å²) in [7, 11) is 4.90. The highest BCUT2D eigenvalue weighted by molar-refractivity contribution is 5.82. The van der Waals surface area contributed by atoms with Crippen molar-refractivity contribution >= 4 is 5.91 Å². The summed E-state index contributed by atoms with van der Waals surface area (Å²) in [6, 6.07) is 12.9. The number of hydrogen-bond donors (Lipinski definition) is 0. The summed E-state index contributed by atoms with van der Waals surface area (Å²) >= 11 is 0. The van der Waals surface area contributed by atoms with E-state index >= 15 is 0 Å². The predicted molar refractivity (Wildman–Crippen MR) is 97.0 cm³/mol. The Kier molecular flexibility index (Phi) is 5.21. The Balaban J connectivity index is 1.77. The van der Waals surface area contributed by atoms with Crippen LogP contribution in [-0.2, 0) is 11.3 Å². The first-order chi connectivity index (χ1) is 12.5. The fraction of sp³-hybridized carbons (Fsp3) is 0.350. The molecule has 2 aromatic rings. The summed E-state index contributed by atoms with van der Waals surface area (Å²) in [5, 5.41) is 0. The molecule has 6 heteroatoms. The standard InChI is InChI=1S/C20H23NO5/c1-13-18(26-16-10-6-5-9-15(16)25-13)20(22)21(2)12-14-8-7-11-17(23-3)19(14)24-4/h5-11,13,18H,12H2,1-4H3. The van der Waals surface area contributed by atoms with Gasteiger partial charge in [0.15, 0.2) is 23.0 Å². The van der Waals surface area contributed by atoms with Gasteiger partial charge < -0.3 is 23.8 Å². The van der Waals surface area contributed by atoms with Crippen LogP contribution in [0.15, 0.2) is 42.5 Å². The lowest BCUT2D eigenvalue weighted by Crippen LogP contribution is -2.49. The maximum atomic E-state index is 12.9. The highest BCUT2D eigenvalue weighted by atomic mass is 16.6. The van der Waals surface area contributed by atoms with E-state index in [0.29, 0.717) is 29.5 Å². The zero-order valence-electron chi connectivity index (χ0n) is 15.4. The van der Waals surface area contributed by atoms with Gasteiger partial charge in [-0.3, -0.25) is 4.79 Å². The predicted octanol–water partition coefficient (Wildman–Crippen LogP) is 2.89. The van der Waals surface area contributed by atoms with Crippen LogP contribution in [-0.4, -0.2) is 44.3 Å². The number of amides is 1. The average molecular weight is 357 g/mol. The Labute approximate surface area is 153 Å². The first-order valence-electron chi connectivity index (χ1n) is 8.42. The van der Waals surface area contributed by atoms with Crippen LogP contribution in [0.4, 0.5) is 0 Å². The molecular weight excluding hydrogens is 334 g/mol. The lowest BCUT2D eigenvalue weighted by molar-refractivity contribution is -0.143. The number of para-hydroxylation sites is 3. The van der Waals surface area contributed by atoms with Crippen molar-refractivity contribution in [2.24, 2.45) is 0 Å². The highest BCUT2D eigenvalue weighted by Gasteiger charge is 2.36. The fourth-order valence-corrected chi connectivity index (χ4v) is 3.02. The minimum absolute atomic E-state index is 0.156. The Morgan fingerprint density at radius 2 is 1.73 bits per heavy atom. The van der Waals surface area contributed by atoms with Crippen LogP contribution >= 0.6 is 0 Å².